The van der Waals surface area contributed by atoms with Gasteiger partial charge in [-0.2, -0.15) is 0 Å². The molecule has 1 aromatic rings. The molecular formula is C13H17NO3. The van der Waals surface area contributed by atoms with Gasteiger partial charge in [-0.1, -0.05) is 18.2 Å². The number of methoxy groups -OCH3 is 1. The molecule has 17 heavy (non-hydrogen) atoms. The summed E-state index contributed by atoms with van der Waals surface area (Å²) in [5.41, 5.74) is 7.55. The molecule has 0 saturated carbocycles. The van der Waals surface area contributed by atoms with E-state index in [1.807, 2.05) is 24.3 Å². The number of fused-ring (bicyclic) bond motifs is 1. The van der Waals surface area contributed by atoms with Gasteiger partial charge >= 0.3 is 0 Å². The van der Waals surface area contributed by atoms with Crippen molar-refractivity contribution in [3.8, 4) is 11.5 Å². The molecule has 1 aromatic carbocycles. The second-order valence-corrected chi connectivity index (χ2v) is 3.73. The molecule has 2 N–H and O–H groups in total. The minimum atomic E-state index is 0.497. The molecule has 0 saturated heterocycles. The Labute approximate surface area is 101 Å². The number of hydrogen-bond acceptors (Lipinski definition) is 4. The standard InChI is InChI=1S/C13H17NO3/c1-15-9-10-4-5-12-13(17-8-7-16-12)11(10)3-2-6-14/h2-5H,6-9,14H2,1H3/b3-2+. The second kappa shape index (κ2) is 5.70. The van der Waals surface area contributed by atoms with E-state index in [0.717, 1.165) is 22.6 Å². The van der Waals surface area contributed by atoms with E-state index in [1.165, 1.54) is 0 Å². The van der Waals surface area contributed by atoms with E-state index >= 15 is 0 Å². The van der Waals surface area contributed by atoms with Gasteiger partial charge < -0.3 is 19.9 Å². The van der Waals surface area contributed by atoms with Crippen LogP contribution < -0.4 is 15.2 Å². The Bertz CT molecular complexity index is 415. The molecule has 0 fully saturated rings. The summed E-state index contributed by atoms with van der Waals surface area (Å²) in [5, 5.41) is 0. The van der Waals surface area contributed by atoms with Gasteiger partial charge in [0.1, 0.15) is 13.2 Å². The quantitative estimate of drug-likeness (QED) is 0.860. The van der Waals surface area contributed by atoms with Crippen molar-refractivity contribution in [3.63, 3.8) is 0 Å². The van der Waals surface area contributed by atoms with Crippen LogP contribution in [0, 0.1) is 0 Å². The fraction of sp³-hybridized carbons (Fsp3) is 0.385. The van der Waals surface area contributed by atoms with Gasteiger partial charge in [-0.25, -0.2) is 0 Å². The fourth-order valence-electron chi connectivity index (χ4n) is 1.83. The van der Waals surface area contributed by atoms with Crippen LogP contribution in [0.1, 0.15) is 11.1 Å². The third-order valence-corrected chi connectivity index (χ3v) is 2.56. The average molecular weight is 235 g/mol. The molecule has 0 aromatic heterocycles. The van der Waals surface area contributed by atoms with Crippen LogP contribution in [0.4, 0.5) is 0 Å². The topological polar surface area (TPSA) is 53.7 Å². The van der Waals surface area contributed by atoms with Gasteiger partial charge in [-0.05, 0) is 11.6 Å². The molecule has 0 unspecified atom stereocenters. The largest absolute Gasteiger partial charge is 0.486 e. The van der Waals surface area contributed by atoms with Crippen molar-refractivity contribution in [2.45, 2.75) is 6.61 Å². The van der Waals surface area contributed by atoms with Gasteiger partial charge in [0.2, 0.25) is 0 Å². The number of ether oxygens (including phenoxy) is 3. The molecule has 92 valence electrons. The summed E-state index contributed by atoms with van der Waals surface area (Å²) in [7, 11) is 1.67. The van der Waals surface area contributed by atoms with Gasteiger partial charge in [0.15, 0.2) is 11.5 Å². The smallest absolute Gasteiger partial charge is 0.168 e. The summed E-state index contributed by atoms with van der Waals surface area (Å²) >= 11 is 0. The lowest BCUT2D eigenvalue weighted by atomic mass is 10.0. The molecule has 0 bridgehead atoms. The summed E-state index contributed by atoms with van der Waals surface area (Å²) in [6.45, 7) is 2.21. The molecule has 1 aliphatic rings. The first kappa shape index (κ1) is 12.0. The maximum Gasteiger partial charge on any atom is 0.168 e. The van der Waals surface area contributed by atoms with E-state index in [-0.39, 0.29) is 0 Å². The predicted octanol–water partition coefficient (Wildman–Crippen LogP) is 1.58. The third-order valence-electron chi connectivity index (χ3n) is 2.56. The van der Waals surface area contributed by atoms with Crippen molar-refractivity contribution in [3.05, 3.63) is 29.3 Å². The second-order valence-electron chi connectivity index (χ2n) is 3.73. The monoisotopic (exact) mass is 235 g/mol. The molecule has 0 atom stereocenters. The van der Waals surface area contributed by atoms with Gasteiger partial charge in [-0.15, -0.1) is 0 Å². The van der Waals surface area contributed by atoms with Crippen LogP contribution in [-0.2, 0) is 11.3 Å². The molecule has 1 heterocycles. The summed E-state index contributed by atoms with van der Waals surface area (Å²) < 4.78 is 16.4. The normalized spacial score (nSPS) is 14.2. The van der Waals surface area contributed by atoms with E-state index in [1.54, 1.807) is 7.11 Å². The fourth-order valence-corrected chi connectivity index (χ4v) is 1.83. The van der Waals surface area contributed by atoms with Crippen LogP contribution in [0.15, 0.2) is 18.2 Å². The summed E-state index contributed by atoms with van der Waals surface area (Å²) in [6.07, 6.45) is 3.86. The summed E-state index contributed by atoms with van der Waals surface area (Å²) in [6, 6.07) is 3.91. The van der Waals surface area contributed by atoms with Gasteiger partial charge in [0, 0.05) is 19.2 Å². The first-order valence-electron chi connectivity index (χ1n) is 5.64. The number of rotatable bonds is 4. The Balaban J connectivity index is 2.43. The van der Waals surface area contributed by atoms with Gasteiger partial charge in [0.25, 0.3) is 0 Å². The van der Waals surface area contributed by atoms with E-state index in [9.17, 15) is 0 Å². The molecule has 2 rings (SSSR count). The molecule has 4 heteroatoms. The van der Waals surface area contributed by atoms with Crippen molar-refractivity contribution in [2.24, 2.45) is 5.73 Å². The van der Waals surface area contributed by atoms with E-state index < -0.39 is 0 Å². The third kappa shape index (κ3) is 2.60. The molecule has 0 radical (unpaired) electrons. The van der Waals surface area contributed by atoms with E-state index in [4.69, 9.17) is 19.9 Å². The maximum atomic E-state index is 5.67. The van der Waals surface area contributed by atoms with Crippen LogP contribution in [0.3, 0.4) is 0 Å². The summed E-state index contributed by atoms with van der Waals surface area (Å²) in [4.78, 5) is 0. The predicted molar refractivity (Wildman–Crippen MR) is 66.2 cm³/mol. The lowest BCUT2D eigenvalue weighted by molar-refractivity contribution is 0.167. The highest BCUT2D eigenvalue weighted by molar-refractivity contribution is 5.66. The average Bonchev–Trinajstić information content (AvgIpc) is 2.37. The van der Waals surface area contributed by atoms with Crippen LogP contribution in [0.5, 0.6) is 11.5 Å². The Morgan fingerprint density at radius 3 is 2.94 bits per heavy atom. The highest BCUT2D eigenvalue weighted by atomic mass is 16.6. The molecule has 4 nitrogen and oxygen atoms in total. The first-order chi connectivity index (χ1) is 8.36. The van der Waals surface area contributed by atoms with Crippen molar-refractivity contribution in [2.75, 3.05) is 26.9 Å². The van der Waals surface area contributed by atoms with Crippen LogP contribution in [0.25, 0.3) is 6.08 Å². The van der Waals surface area contributed by atoms with Gasteiger partial charge in [-0.3, -0.25) is 0 Å². The van der Waals surface area contributed by atoms with Crippen molar-refractivity contribution < 1.29 is 14.2 Å². The van der Waals surface area contributed by atoms with Crippen molar-refractivity contribution in [1.82, 2.24) is 0 Å². The Kier molecular flexibility index (Phi) is 4.01. The Hall–Kier alpha value is -1.52. The van der Waals surface area contributed by atoms with Crippen LogP contribution >= 0.6 is 0 Å². The van der Waals surface area contributed by atoms with E-state index in [2.05, 4.69) is 0 Å². The first-order valence-corrected chi connectivity index (χ1v) is 5.64. The highest BCUT2D eigenvalue weighted by Crippen LogP contribution is 2.37. The highest BCUT2D eigenvalue weighted by Gasteiger charge is 2.17. The zero-order valence-corrected chi connectivity index (χ0v) is 9.94. The number of nitrogens with two attached hydrogens (primary N) is 1. The minimum absolute atomic E-state index is 0.497. The molecule has 0 aliphatic carbocycles. The van der Waals surface area contributed by atoms with Gasteiger partial charge in [0.05, 0.1) is 6.61 Å². The Morgan fingerprint density at radius 2 is 2.18 bits per heavy atom. The zero-order valence-electron chi connectivity index (χ0n) is 9.94. The molecular weight excluding hydrogens is 218 g/mol. The number of benzene rings is 1. The van der Waals surface area contributed by atoms with E-state index in [0.29, 0.717) is 26.4 Å². The maximum absolute atomic E-state index is 5.67. The van der Waals surface area contributed by atoms with Crippen molar-refractivity contribution in [1.29, 1.82) is 0 Å². The SMILES string of the molecule is COCc1ccc2c(c1/C=C/CN)OCCO2. The number of hydrogen-bond donors (Lipinski definition) is 1. The lowest BCUT2D eigenvalue weighted by Gasteiger charge is -2.21. The van der Waals surface area contributed by atoms with Crippen molar-refractivity contribution >= 4 is 6.08 Å². The lowest BCUT2D eigenvalue weighted by Crippen LogP contribution is -2.16. The molecule has 1 aliphatic heterocycles. The Morgan fingerprint density at radius 1 is 1.35 bits per heavy atom. The van der Waals surface area contributed by atoms with Crippen LogP contribution in [-0.4, -0.2) is 26.9 Å². The molecule has 0 spiro atoms. The summed E-state index contributed by atoms with van der Waals surface area (Å²) in [5.74, 6) is 1.57. The minimum Gasteiger partial charge on any atom is -0.486 e. The zero-order chi connectivity index (χ0) is 12.1. The molecule has 0 amide bonds. The van der Waals surface area contributed by atoms with Crippen LogP contribution in [0.2, 0.25) is 0 Å².